The van der Waals surface area contributed by atoms with Crippen molar-refractivity contribution in [1.29, 1.82) is 0 Å². The van der Waals surface area contributed by atoms with E-state index >= 15 is 0 Å². The Morgan fingerprint density at radius 3 is 1.74 bits per heavy atom. The number of hydrogen-bond acceptors (Lipinski definition) is 2. The Labute approximate surface area is 161 Å². The van der Waals surface area contributed by atoms with Gasteiger partial charge in [0.25, 0.3) is 0 Å². The van der Waals surface area contributed by atoms with Gasteiger partial charge in [0.2, 0.25) is 0 Å². The molecule has 0 saturated heterocycles. The maximum absolute atomic E-state index is 11.5. The Hall–Kier alpha value is -2.86. The van der Waals surface area contributed by atoms with Crippen molar-refractivity contribution < 1.29 is 10.2 Å². The Morgan fingerprint density at radius 1 is 0.741 bits per heavy atom. The van der Waals surface area contributed by atoms with Gasteiger partial charge in [0.15, 0.2) is 0 Å². The van der Waals surface area contributed by atoms with Gasteiger partial charge in [0, 0.05) is 12.0 Å². The third kappa shape index (κ3) is 5.08. The molecule has 3 rings (SSSR count). The number of benzene rings is 3. The van der Waals surface area contributed by atoms with E-state index in [0.29, 0.717) is 19.3 Å². The van der Waals surface area contributed by atoms with E-state index in [-0.39, 0.29) is 0 Å². The van der Waals surface area contributed by atoms with Gasteiger partial charge >= 0.3 is 0 Å². The van der Waals surface area contributed by atoms with E-state index in [2.05, 4.69) is 11.8 Å². The molecule has 2 nitrogen and oxygen atoms in total. The summed E-state index contributed by atoms with van der Waals surface area (Å²) in [5, 5.41) is 21.8. The molecule has 1 atom stereocenters. The predicted octanol–water partition coefficient (Wildman–Crippen LogP) is 4.51. The third-order valence-corrected chi connectivity index (χ3v) is 4.69. The van der Waals surface area contributed by atoms with E-state index in [4.69, 9.17) is 0 Å². The fourth-order valence-electron chi connectivity index (χ4n) is 3.15. The molecule has 2 heteroatoms. The van der Waals surface area contributed by atoms with Gasteiger partial charge in [-0.2, -0.15) is 0 Å². The smallest absolute Gasteiger partial charge is 0.115 e. The molecule has 0 amide bonds. The van der Waals surface area contributed by atoms with Crippen LogP contribution in [0.25, 0.3) is 0 Å². The summed E-state index contributed by atoms with van der Waals surface area (Å²) in [6.07, 6.45) is 0.688. The standard InChI is InChI=1S/C25H24O2/c26-24(18-10-13-21-11-4-1-5-12-21)19-20-25(27,22-14-6-2-7-15-22)23-16-8-3-9-17-23/h1-9,11-12,14-17,24,26-27H,18-20H2. The lowest BCUT2D eigenvalue weighted by atomic mass is 9.82. The minimum atomic E-state index is -1.13. The van der Waals surface area contributed by atoms with Crippen LogP contribution in [0, 0.1) is 11.8 Å². The lowest BCUT2D eigenvalue weighted by molar-refractivity contribution is 0.0492. The largest absolute Gasteiger partial charge is 0.392 e. The van der Waals surface area contributed by atoms with Gasteiger partial charge in [0.1, 0.15) is 5.60 Å². The van der Waals surface area contributed by atoms with E-state index in [0.717, 1.165) is 16.7 Å². The second-order valence-corrected chi connectivity index (χ2v) is 6.66. The Balaban J connectivity index is 1.69. The predicted molar refractivity (Wildman–Crippen MR) is 109 cm³/mol. The first kappa shape index (κ1) is 18.9. The zero-order chi connectivity index (χ0) is 19.0. The van der Waals surface area contributed by atoms with Crippen LogP contribution in [-0.2, 0) is 5.60 Å². The maximum atomic E-state index is 11.5. The average molecular weight is 356 g/mol. The SMILES string of the molecule is OC(CC#Cc1ccccc1)CCC(O)(c1ccccc1)c1ccccc1. The summed E-state index contributed by atoms with van der Waals surface area (Å²) in [4.78, 5) is 0. The molecule has 0 fully saturated rings. The van der Waals surface area contributed by atoms with Gasteiger partial charge in [-0.15, -0.1) is 0 Å². The van der Waals surface area contributed by atoms with Crippen molar-refractivity contribution in [2.24, 2.45) is 0 Å². The van der Waals surface area contributed by atoms with E-state index in [1.807, 2.05) is 91.0 Å². The molecule has 0 aromatic heterocycles. The highest BCUT2D eigenvalue weighted by Crippen LogP contribution is 2.34. The first-order valence-corrected chi connectivity index (χ1v) is 9.24. The molecule has 1 unspecified atom stereocenters. The average Bonchev–Trinajstić information content (AvgIpc) is 2.74. The van der Waals surface area contributed by atoms with Crippen molar-refractivity contribution in [3.05, 3.63) is 108 Å². The highest BCUT2D eigenvalue weighted by Gasteiger charge is 2.31. The molecule has 27 heavy (non-hydrogen) atoms. The molecule has 0 aliphatic rings. The molecular weight excluding hydrogens is 332 g/mol. The van der Waals surface area contributed by atoms with Crippen LogP contribution in [0.1, 0.15) is 36.0 Å². The molecule has 0 bridgehead atoms. The summed E-state index contributed by atoms with van der Waals surface area (Å²) in [6.45, 7) is 0. The highest BCUT2D eigenvalue weighted by atomic mass is 16.3. The van der Waals surface area contributed by atoms with Crippen LogP contribution in [0.5, 0.6) is 0 Å². The minimum absolute atomic E-state index is 0.383. The van der Waals surface area contributed by atoms with Gasteiger partial charge in [-0.1, -0.05) is 90.7 Å². The van der Waals surface area contributed by atoms with Gasteiger partial charge in [-0.05, 0) is 36.1 Å². The van der Waals surface area contributed by atoms with Crippen molar-refractivity contribution >= 4 is 0 Å². The molecule has 0 spiro atoms. The molecule has 0 saturated carbocycles. The van der Waals surface area contributed by atoms with E-state index in [1.165, 1.54) is 0 Å². The van der Waals surface area contributed by atoms with Gasteiger partial charge < -0.3 is 10.2 Å². The monoisotopic (exact) mass is 356 g/mol. The third-order valence-electron chi connectivity index (χ3n) is 4.69. The number of rotatable bonds is 6. The summed E-state index contributed by atoms with van der Waals surface area (Å²) in [6, 6.07) is 29.0. The molecule has 0 aliphatic carbocycles. The Morgan fingerprint density at radius 2 is 1.22 bits per heavy atom. The Bertz CT molecular complexity index is 838. The van der Waals surface area contributed by atoms with Crippen molar-refractivity contribution in [1.82, 2.24) is 0 Å². The van der Waals surface area contributed by atoms with Crippen LogP contribution < -0.4 is 0 Å². The second-order valence-electron chi connectivity index (χ2n) is 6.66. The van der Waals surface area contributed by atoms with Crippen LogP contribution >= 0.6 is 0 Å². The molecule has 136 valence electrons. The highest BCUT2D eigenvalue weighted by molar-refractivity contribution is 5.36. The summed E-state index contributed by atoms with van der Waals surface area (Å²) in [7, 11) is 0. The zero-order valence-corrected chi connectivity index (χ0v) is 15.3. The zero-order valence-electron chi connectivity index (χ0n) is 15.3. The van der Waals surface area contributed by atoms with Gasteiger partial charge in [0.05, 0.1) is 6.10 Å². The molecule has 0 radical (unpaired) electrons. The summed E-state index contributed by atoms with van der Waals surface area (Å²) in [5.74, 6) is 6.10. The molecule has 3 aromatic rings. The van der Waals surface area contributed by atoms with Crippen molar-refractivity contribution in [3.8, 4) is 11.8 Å². The second kappa shape index (κ2) is 9.19. The lowest BCUT2D eigenvalue weighted by Crippen LogP contribution is -2.28. The number of aliphatic hydroxyl groups excluding tert-OH is 1. The van der Waals surface area contributed by atoms with Crippen LogP contribution in [0.15, 0.2) is 91.0 Å². The first-order valence-electron chi connectivity index (χ1n) is 9.24. The quantitative estimate of drug-likeness (QED) is 0.638. The van der Waals surface area contributed by atoms with Crippen molar-refractivity contribution in [3.63, 3.8) is 0 Å². The van der Waals surface area contributed by atoms with Crippen molar-refractivity contribution in [2.75, 3.05) is 0 Å². The van der Waals surface area contributed by atoms with Crippen LogP contribution in [0.2, 0.25) is 0 Å². The van der Waals surface area contributed by atoms with Gasteiger partial charge in [-0.25, -0.2) is 0 Å². The van der Waals surface area contributed by atoms with E-state index < -0.39 is 11.7 Å². The molecule has 0 aliphatic heterocycles. The summed E-state index contributed by atoms with van der Waals surface area (Å²) >= 11 is 0. The molecular formula is C25H24O2. The lowest BCUT2D eigenvalue weighted by Gasteiger charge is -2.30. The Kier molecular flexibility index (Phi) is 6.44. The van der Waals surface area contributed by atoms with E-state index in [9.17, 15) is 10.2 Å². The van der Waals surface area contributed by atoms with E-state index in [1.54, 1.807) is 0 Å². The fourth-order valence-corrected chi connectivity index (χ4v) is 3.15. The number of hydrogen-bond donors (Lipinski definition) is 2. The van der Waals surface area contributed by atoms with Gasteiger partial charge in [-0.3, -0.25) is 0 Å². The summed E-state index contributed by atoms with van der Waals surface area (Å²) in [5.41, 5.74) is 1.48. The maximum Gasteiger partial charge on any atom is 0.115 e. The normalized spacial score (nSPS) is 12.1. The molecule has 0 heterocycles. The van der Waals surface area contributed by atoms with Crippen LogP contribution in [0.3, 0.4) is 0 Å². The first-order chi connectivity index (χ1) is 13.2. The number of aliphatic hydroxyl groups is 2. The molecule has 3 aromatic carbocycles. The van der Waals surface area contributed by atoms with Crippen LogP contribution in [0.4, 0.5) is 0 Å². The molecule has 2 N–H and O–H groups in total. The van der Waals surface area contributed by atoms with Crippen molar-refractivity contribution in [2.45, 2.75) is 31.0 Å². The van der Waals surface area contributed by atoms with Crippen LogP contribution in [-0.4, -0.2) is 16.3 Å². The topological polar surface area (TPSA) is 40.5 Å². The fraction of sp³-hybridized carbons (Fsp3) is 0.200. The summed E-state index contributed by atoms with van der Waals surface area (Å²) < 4.78 is 0. The minimum Gasteiger partial charge on any atom is -0.392 e.